The van der Waals surface area contributed by atoms with E-state index in [4.69, 9.17) is 0 Å². The van der Waals surface area contributed by atoms with Crippen LogP contribution in [0.1, 0.15) is 13.3 Å². The summed E-state index contributed by atoms with van der Waals surface area (Å²) in [4.78, 5) is 28.2. The van der Waals surface area contributed by atoms with Gasteiger partial charge >= 0.3 is 6.03 Å². The molecule has 2 rings (SSSR count). The van der Waals surface area contributed by atoms with Gasteiger partial charge in [-0.15, -0.1) is 0 Å². The van der Waals surface area contributed by atoms with E-state index in [0.717, 1.165) is 18.1 Å². The molecule has 98 valence electrons. The third kappa shape index (κ3) is 2.84. The maximum Gasteiger partial charge on any atom is 0.324 e. The van der Waals surface area contributed by atoms with Gasteiger partial charge in [-0.05, 0) is 6.42 Å². The van der Waals surface area contributed by atoms with Crippen molar-refractivity contribution < 1.29 is 9.59 Å². The fourth-order valence-corrected chi connectivity index (χ4v) is 2.67. The molecule has 0 aliphatic carbocycles. The minimum absolute atomic E-state index is 0.119. The molecule has 1 aliphatic rings. The molecular weight excluding hydrogens is 252 g/mol. The Balaban J connectivity index is 1.83. The number of thioether (sulfide) groups is 1. The molecule has 0 unspecified atom stereocenters. The summed E-state index contributed by atoms with van der Waals surface area (Å²) in [6.45, 7) is 3.59. The first-order valence-electron chi connectivity index (χ1n) is 5.94. The summed E-state index contributed by atoms with van der Waals surface area (Å²) < 4.78 is 2.08. The molecule has 1 aliphatic heterocycles. The number of rotatable bonds is 6. The largest absolute Gasteiger partial charge is 0.329 e. The zero-order valence-electron chi connectivity index (χ0n) is 10.3. The molecule has 0 spiro atoms. The number of aryl methyl sites for hydroxylation is 1. The van der Waals surface area contributed by atoms with Crippen molar-refractivity contribution in [3.63, 3.8) is 0 Å². The van der Waals surface area contributed by atoms with Crippen molar-refractivity contribution in [2.75, 3.05) is 18.8 Å². The Morgan fingerprint density at radius 3 is 2.94 bits per heavy atom. The zero-order valence-corrected chi connectivity index (χ0v) is 11.1. The number of hydrogen-bond acceptors (Lipinski definition) is 4. The summed E-state index contributed by atoms with van der Waals surface area (Å²) in [6, 6.07) is -0.294. The second-order valence-corrected chi connectivity index (χ2v) is 5.02. The summed E-state index contributed by atoms with van der Waals surface area (Å²) in [5.41, 5.74) is 0. The standard InChI is InChI=1S/C11H16N4O2S/c1-2-4-14-5-3-12-11(14)18-7-6-15-9(16)8-13-10(15)17/h3,5H,2,4,6-8H2,1H3,(H,13,17). The van der Waals surface area contributed by atoms with E-state index in [1.807, 2.05) is 6.20 Å². The molecular formula is C11H16N4O2S. The minimum Gasteiger partial charge on any atom is -0.329 e. The number of nitrogens with one attached hydrogen (secondary N) is 1. The van der Waals surface area contributed by atoms with Crippen LogP contribution in [-0.2, 0) is 11.3 Å². The molecule has 1 aromatic rings. The van der Waals surface area contributed by atoms with E-state index in [1.54, 1.807) is 18.0 Å². The van der Waals surface area contributed by atoms with E-state index in [9.17, 15) is 9.59 Å². The van der Waals surface area contributed by atoms with Crippen LogP contribution in [-0.4, -0.2) is 45.2 Å². The van der Waals surface area contributed by atoms with Gasteiger partial charge in [0.05, 0.1) is 6.54 Å². The molecule has 7 heteroatoms. The van der Waals surface area contributed by atoms with Crippen molar-refractivity contribution in [1.82, 2.24) is 19.8 Å². The van der Waals surface area contributed by atoms with Crippen LogP contribution in [0.25, 0.3) is 0 Å². The third-order valence-electron chi connectivity index (χ3n) is 2.62. The topological polar surface area (TPSA) is 67.2 Å². The highest BCUT2D eigenvalue weighted by Crippen LogP contribution is 2.16. The molecule has 18 heavy (non-hydrogen) atoms. The monoisotopic (exact) mass is 268 g/mol. The van der Waals surface area contributed by atoms with Gasteiger partial charge in [-0.2, -0.15) is 0 Å². The summed E-state index contributed by atoms with van der Waals surface area (Å²) >= 11 is 1.56. The lowest BCUT2D eigenvalue weighted by atomic mass is 10.5. The first-order valence-corrected chi connectivity index (χ1v) is 6.93. The van der Waals surface area contributed by atoms with Gasteiger partial charge in [0.25, 0.3) is 0 Å². The van der Waals surface area contributed by atoms with Crippen molar-refractivity contribution in [2.45, 2.75) is 25.0 Å². The second kappa shape index (κ2) is 5.90. The number of nitrogens with zero attached hydrogens (tertiary/aromatic N) is 3. The second-order valence-electron chi connectivity index (χ2n) is 3.96. The number of imidazole rings is 1. The van der Waals surface area contributed by atoms with E-state index in [1.165, 1.54) is 4.90 Å². The molecule has 0 aromatic carbocycles. The quantitative estimate of drug-likeness (QED) is 0.616. The number of carbonyl (C=O) groups excluding carboxylic acids is 2. The van der Waals surface area contributed by atoms with Crippen molar-refractivity contribution >= 4 is 23.7 Å². The van der Waals surface area contributed by atoms with Crippen LogP contribution in [0, 0.1) is 0 Å². The normalized spacial score (nSPS) is 15.3. The Labute approximate surface area is 110 Å². The molecule has 1 N–H and O–H groups in total. The number of hydrogen-bond donors (Lipinski definition) is 1. The maximum atomic E-state index is 11.4. The van der Waals surface area contributed by atoms with E-state index in [-0.39, 0.29) is 18.5 Å². The third-order valence-corrected chi connectivity index (χ3v) is 3.61. The molecule has 1 saturated heterocycles. The smallest absolute Gasteiger partial charge is 0.324 e. The average molecular weight is 268 g/mol. The van der Waals surface area contributed by atoms with Crippen molar-refractivity contribution in [3.05, 3.63) is 12.4 Å². The molecule has 3 amide bonds. The Bertz CT molecular complexity index is 430. The Hall–Kier alpha value is -1.50. The van der Waals surface area contributed by atoms with Gasteiger partial charge in [0.2, 0.25) is 5.91 Å². The van der Waals surface area contributed by atoms with Crippen LogP contribution in [0.3, 0.4) is 0 Å². The van der Waals surface area contributed by atoms with Crippen LogP contribution >= 0.6 is 11.8 Å². The molecule has 0 atom stereocenters. The first kappa shape index (κ1) is 12.9. The molecule has 1 aromatic heterocycles. The fourth-order valence-electron chi connectivity index (χ4n) is 1.76. The van der Waals surface area contributed by atoms with Gasteiger partial charge in [0, 0.05) is 31.2 Å². The van der Waals surface area contributed by atoms with Crippen LogP contribution in [0.4, 0.5) is 4.79 Å². The molecule has 0 bridgehead atoms. The van der Waals surface area contributed by atoms with Gasteiger partial charge in [0.1, 0.15) is 0 Å². The summed E-state index contributed by atoms with van der Waals surface area (Å²) in [5, 5.41) is 3.44. The summed E-state index contributed by atoms with van der Waals surface area (Å²) in [6.07, 6.45) is 4.77. The molecule has 0 radical (unpaired) electrons. The molecule has 0 saturated carbocycles. The molecule has 2 heterocycles. The summed E-state index contributed by atoms with van der Waals surface area (Å²) in [7, 11) is 0. The highest BCUT2D eigenvalue weighted by atomic mass is 32.2. The molecule has 6 nitrogen and oxygen atoms in total. The number of imide groups is 1. The van der Waals surface area contributed by atoms with Gasteiger partial charge < -0.3 is 9.88 Å². The number of amides is 3. The van der Waals surface area contributed by atoms with E-state index in [0.29, 0.717) is 12.3 Å². The van der Waals surface area contributed by atoms with Crippen molar-refractivity contribution in [2.24, 2.45) is 0 Å². The predicted molar refractivity (Wildman–Crippen MR) is 68.4 cm³/mol. The zero-order chi connectivity index (χ0) is 13.0. The number of aromatic nitrogens is 2. The van der Waals surface area contributed by atoms with Crippen LogP contribution < -0.4 is 5.32 Å². The van der Waals surface area contributed by atoms with Crippen LogP contribution in [0.15, 0.2) is 17.6 Å². The summed E-state index contributed by atoms with van der Waals surface area (Å²) in [5.74, 6) is 0.511. The minimum atomic E-state index is -0.294. The highest BCUT2D eigenvalue weighted by Gasteiger charge is 2.27. The predicted octanol–water partition coefficient (Wildman–Crippen LogP) is 0.937. The van der Waals surface area contributed by atoms with Gasteiger partial charge in [-0.3, -0.25) is 9.69 Å². The van der Waals surface area contributed by atoms with Gasteiger partial charge in [-0.25, -0.2) is 9.78 Å². The van der Waals surface area contributed by atoms with Crippen molar-refractivity contribution in [1.29, 1.82) is 0 Å². The van der Waals surface area contributed by atoms with Gasteiger partial charge in [-0.1, -0.05) is 18.7 Å². The van der Waals surface area contributed by atoms with Crippen molar-refractivity contribution in [3.8, 4) is 0 Å². The average Bonchev–Trinajstić information content (AvgIpc) is 2.91. The highest BCUT2D eigenvalue weighted by molar-refractivity contribution is 7.99. The Morgan fingerprint density at radius 2 is 2.28 bits per heavy atom. The van der Waals surface area contributed by atoms with E-state index >= 15 is 0 Å². The van der Waals surface area contributed by atoms with Crippen LogP contribution in [0.2, 0.25) is 0 Å². The Morgan fingerprint density at radius 1 is 1.44 bits per heavy atom. The van der Waals surface area contributed by atoms with E-state index in [2.05, 4.69) is 21.8 Å². The lowest BCUT2D eigenvalue weighted by Crippen LogP contribution is -2.32. The SMILES string of the molecule is CCCn1ccnc1SCCN1C(=O)CNC1=O. The van der Waals surface area contributed by atoms with Crippen LogP contribution in [0.5, 0.6) is 0 Å². The number of urea groups is 1. The number of carbonyl (C=O) groups is 2. The fraction of sp³-hybridized carbons (Fsp3) is 0.545. The lowest BCUT2D eigenvalue weighted by molar-refractivity contribution is -0.124. The lowest BCUT2D eigenvalue weighted by Gasteiger charge is -2.11. The Kier molecular flexibility index (Phi) is 4.24. The maximum absolute atomic E-state index is 11.4. The first-order chi connectivity index (χ1) is 8.72. The van der Waals surface area contributed by atoms with E-state index < -0.39 is 0 Å². The van der Waals surface area contributed by atoms with Gasteiger partial charge in [0.15, 0.2) is 5.16 Å². The molecule has 1 fully saturated rings.